The first kappa shape index (κ1) is 13.2. The van der Waals surface area contributed by atoms with E-state index >= 15 is 0 Å². The third-order valence-corrected chi connectivity index (χ3v) is 4.91. The minimum atomic E-state index is -1.22. The molecule has 88 valence electrons. The van der Waals surface area contributed by atoms with Crippen LogP contribution in [0.4, 0.5) is 0 Å². The predicted molar refractivity (Wildman–Crippen MR) is 77.3 cm³/mol. The Kier molecular flexibility index (Phi) is 5.00. The van der Waals surface area contributed by atoms with Crippen LogP contribution in [-0.2, 0) is 0 Å². The highest BCUT2D eigenvalue weighted by Crippen LogP contribution is 2.26. The van der Waals surface area contributed by atoms with Crippen molar-refractivity contribution in [1.82, 2.24) is 0 Å². The van der Waals surface area contributed by atoms with Gasteiger partial charge in [0.05, 0.1) is 8.07 Å². The zero-order valence-electron chi connectivity index (χ0n) is 11.1. The summed E-state index contributed by atoms with van der Waals surface area (Å²) in [6, 6.07) is 10.9. The summed E-state index contributed by atoms with van der Waals surface area (Å²) in [7, 11) is -1.22. The highest BCUT2D eigenvalue weighted by molar-refractivity contribution is 6.93. The molecule has 0 unspecified atom stereocenters. The Bertz CT molecular complexity index is 330. The van der Waals surface area contributed by atoms with Gasteiger partial charge in [0.1, 0.15) is 0 Å². The van der Waals surface area contributed by atoms with Crippen molar-refractivity contribution in [2.24, 2.45) is 0 Å². The van der Waals surface area contributed by atoms with Gasteiger partial charge in [-0.15, -0.1) is 0 Å². The molecule has 0 radical (unpaired) electrons. The molecule has 0 saturated carbocycles. The van der Waals surface area contributed by atoms with Gasteiger partial charge >= 0.3 is 0 Å². The molecule has 0 amide bonds. The number of benzene rings is 1. The first-order chi connectivity index (χ1) is 7.55. The molecule has 0 saturated heterocycles. The van der Waals surface area contributed by atoms with Crippen LogP contribution < -0.4 is 0 Å². The quantitative estimate of drug-likeness (QED) is 0.487. The third kappa shape index (κ3) is 3.97. The average Bonchev–Trinajstić information content (AvgIpc) is 2.24. The molecular formula is C15H24Si. The Morgan fingerprint density at radius 3 is 2.25 bits per heavy atom. The number of allylic oxidation sites excluding steroid dienone is 1. The van der Waals surface area contributed by atoms with Crippen LogP contribution in [0.5, 0.6) is 0 Å². The minimum absolute atomic E-state index is 1.22. The maximum atomic E-state index is 2.48. The number of hydrogen-bond donors (Lipinski definition) is 0. The standard InChI is InChI=1S/C15H24Si/c1-5-6-8-13-15(16(2,3)4)14-11-9-7-10-12-14/h7,9-13H,5-6,8H2,1-4H3. The molecule has 1 aromatic rings. The lowest BCUT2D eigenvalue weighted by Crippen LogP contribution is -2.22. The van der Waals surface area contributed by atoms with Crippen LogP contribution in [0.3, 0.4) is 0 Å². The van der Waals surface area contributed by atoms with Gasteiger partial charge in [-0.3, -0.25) is 0 Å². The van der Waals surface area contributed by atoms with E-state index in [1.807, 2.05) is 0 Å². The average molecular weight is 232 g/mol. The Morgan fingerprint density at radius 2 is 1.75 bits per heavy atom. The topological polar surface area (TPSA) is 0 Å². The van der Waals surface area contributed by atoms with Crippen molar-refractivity contribution in [2.75, 3.05) is 0 Å². The molecule has 0 aliphatic rings. The van der Waals surface area contributed by atoms with E-state index in [9.17, 15) is 0 Å². The molecule has 0 aliphatic heterocycles. The molecule has 0 aliphatic carbocycles. The van der Waals surface area contributed by atoms with Gasteiger partial charge < -0.3 is 0 Å². The fourth-order valence-corrected chi connectivity index (χ4v) is 3.71. The first-order valence-corrected chi connectivity index (χ1v) is 9.81. The van der Waals surface area contributed by atoms with Gasteiger partial charge in [0.2, 0.25) is 0 Å². The lowest BCUT2D eigenvalue weighted by Gasteiger charge is -2.21. The van der Waals surface area contributed by atoms with Crippen LogP contribution >= 0.6 is 0 Å². The van der Waals surface area contributed by atoms with Crippen molar-refractivity contribution < 1.29 is 0 Å². The van der Waals surface area contributed by atoms with Gasteiger partial charge in [-0.1, -0.05) is 81.0 Å². The fourth-order valence-electron chi connectivity index (χ4n) is 1.93. The molecule has 1 aromatic carbocycles. The Labute approximate surface area is 101 Å². The minimum Gasteiger partial charge on any atom is -0.0847 e. The normalized spacial score (nSPS) is 12.9. The van der Waals surface area contributed by atoms with Crippen molar-refractivity contribution >= 4 is 13.3 Å². The number of rotatable bonds is 5. The van der Waals surface area contributed by atoms with Gasteiger partial charge in [-0.25, -0.2) is 0 Å². The van der Waals surface area contributed by atoms with Gasteiger partial charge in [-0.2, -0.15) is 0 Å². The van der Waals surface area contributed by atoms with Gasteiger partial charge in [0, 0.05) is 0 Å². The van der Waals surface area contributed by atoms with E-state index in [0.717, 1.165) is 0 Å². The van der Waals surface area contributed by atoms with Crippen molar-refractivity contribution in [3.8, 4) is 0 Å². The second kappa shape index (κ2) is 6.05. The van der Waals surface area contributed by atoms with E-state index < -0.39 is 8.07 Å². The van der Waals surface area contributed by atoms with Crippen molar-refractivity contribution in [2.45, 2.75) is 45.8 Å². The van der Waals surface area contributed by atoms with Crippen molar-refractivity contribution in [1.29, 1.82) is 0 Å². The summed E-state index contributed by atoms with van der Waals surface area (Å²) in [4.78, 5) is 0. The van der Waals surface area contributed by atoms with Crippen LogP contribution in [0.25, 0.3) is 5.20 Å². The Hall–Kier alpha value is -0.823. The smallest absolute Gasteiger partial charge is 0.0779 e. The molecular weight excluding hydrogens is 208 g/mol. The molecule has 16 heavy (non-hydrogen) atoms. The fraction of sp³-hybridized carbons (Fsp3) is 0.467. The lowest BCUT2D eigenvalue weighted by atomic mass is 10.1. The van der Waals surface area contributed by atoms with Gasteiger partial charge in [0.15, 0.2) is 0 Å². The molecule has 0 spiro atoms. The van der Waals surface area contributed by atoms with Gasteiger partial charge in [0.25, 0.3) is 0 Å². The summed E-state index contributed by atoms with van der Waals surface area (Å²) < 4.78 is 0. The largest absolute Gasteiger partial charge is 0.0847 e. The summed E-state index contributed by atoms with van der Waals surface area (Å²) in [5.74, 6) is 0. The van der Waals surface area contributed by atoms with E-state index in [-0.39, 0.29) is 0 Å². The molecule has 0 aromatic heterocycles. The predicted octanol–water partition coefficient (Wildman–Crippen LogP) is 5.14. The Balaban J connectivity index is 2.93. The maximum Gasteiger partial charge on any atom is 0.0779 e. The summed E-state index contributed by atoms with van der Waals surface area (Å²) in [5.41, 5.74) is 1.43. The van der Waals surface area contributed by atoms with E-state index in [0.29, 0.717) is 0 Å². The van der Waals surface area contributed by atoms with Crippen LogP contribution in [0, 0.1) is 0 Å². The molecule has 0 nitrogen and oxygen atoms in total. The zero-order chi connectivity index (χ0) is 12.0. The number of hydrogen-bond acceptors (Lipinski definition) is 0. The molecule has 1 rings (SSSR count). The van der Waals surface area contributed by atoms with Crippen molar-refractivity contribution in [3.63, 3.8) is 0 Å². The summed E-state index contributed by atoms with van der Waals surface area (Å²) in [6.45, 7) is 9.54. The van der Waals surface area contributed by atoms with Gasteiger partial charge in [-0.05, 0) is 12.0 Å². The summed E-state index contributed by atoms with van der Waals surface area (Å²) >= 11 is 0. The lowest BCUT2D eigenvalue weighted by molar-refractivity contribution is 0.816. The van der Waals surface area contributed by atoms with E-state index in [1.54, 1.807) is 5.20 Å². The van der Waals surface area contributed by atoms with Crippen LogP contribution in [0.2, 0.25) is 19.6 Å². The van der Waals surface area contributed by atoms with E-state index in [1.165, 1.54) is 24.8 Å². The molecule has 0 heterocycles. The summed E-state index contributed by atoms with van der Waals surface area (Å²) in [5, 5.41) is 1.61. The monoisotopic (exact) mass is 232 g/mol. The zero-order valence-corrected chi connectivity index (χ0v) is 12.1. The van der Waals surface area contributed by atoms with E-state index in [4.69, 9.17) is 0 Å². The highest BCUT2D eigenvalue weighted by Gasteiger charge is 2.20. The number of unbranched alkanes of at least 4 members (excludes halogenated alkanes) is 2. The molecule has 1 heteroatoms. The summed E-state index contributed by atoms with van der Waals surface area (Å²) in [6.07, 6.45) is 6.29. The second-order valence-corrected chi connectivity index (χ2v) is 10.4. The molecule has 0 fully saturated rings. The van der Waals surface area contributed by atoms with Crippen LogP contribution in [0.1, 0.15) is 31.7 Å². The van der Waals surface area contributed by atoms with E-state index in [2.05, 4.69) is 63.0 Å². The second-order valence-electron chi connectivity index (χ2n) is 5.38. The molecule has 0 atom stereocenters. The van der Waals surface area contributed by atoms with Crippen molar-refractivity contribution in [3.05, 3.63) is 42.0 Å². The van der Waals surface area contributed by atoms with Crippen LogP contribution in [0.15, 0.2) is 36.4 Å². The maximum absolute atomic E-state index is 2.48. The Morgan fingerprint density at radius 1 is 1.12 bits per heavy atom. The SMILES string of the molecule is CCCCC=C(c1ccccc1)[Si](C)(C)C. The highest BCUT2D eigenvalue weighted by atomic mass is 28.3. The molecule has 0 bridgehead atoms. The first-order valence-electron chi connectivity index (χ1n) is 6.31. The van der Waals surface area contributed by atoms with Crippen LogP contribution in [-0.4, -0.2) is 8.07 Å². The third-order valence-electron chi connectivity index (χ3n) is 2.80. The molecule has 0 N–H and O–H groups in total.